The lowest BCUT2D eigenvalue weighted by atomic mass is 10.3. The normalized spacial score (nSPS) is 10.0. The molecular formula is C10H13BrN2. The van der Waals surface area contributed by atoms with Crippen LogP contribution < -0.4 is 5.32 Å². The zero-order valence-corrected chi connectivity index (χ0v) is 9.26. The van der Waals surface area contributed by atoms with E-state index >= 15 is 0 Å². The number of rotatable bonds is 4. The van der Waals surface area contributed by atoms with Gasteiger partial charge in [0, 0.05) is 23.3 Å². The van der Waals surface area contributed by atoms with E-state index < -0.39 is 0 Å². The zero-order chi connectivity index (χ0) is 9.68. The fraction of sp³-hybridized carbons (Fsp3) is 0.300. The van der Waals surface area contributed by atoms with Crippen LogP contribution >= 0.6 is 15.9 Å². The van der Waals surface area contributed by atoms with Crippen LogP contribution in [0, 0.1) is 6.92 Å². The molecule has 0 aliphatic heterocycles. The molecule has 1 N–H and O–H groups in total. The molecule has 3 heteroatoms. The topological polar surface area (TPSA) is 24.9 Å². The van der Waals surface area contributed by atoms with Gasteiger partial charge < -0.3 is 5.32 Å². The van der Waals surface area contributed by atoms with Crippen LogP contribution in [-0.2, 0) is 6.54 Å². The maximum Gasteiger partial charge on any atom is 0.0544 e. The number of hydrogen-bond donors (Lipinski definition) is 1. The molecule has 0 unspecified atom stereocenters. The summed E-state index contributed by atoms with van der Waals surface area (Å²) in [5.74, 6) is 0. The highest BCUT2D eigenvalue weighted by molar-refractivity contribution is 9.11. The smallest absolute Gasteiger partial charge is 0.0544 e. The van der Waals surface area contributed by atoms with E-state index in [9.17, 15) is 0 Å². The third-order valence-corrected chi connectivity index (χ3v) is 1.85. The van der Waals surface area contributed by atoms with Crippen molar-refractivity contribution in [3.8, 4) is 0 Å². The van der Waals surface area contributed by atoms with Crippen molar-refractivity contribution < 1.29 is 0 Å². The number of hydrogen-bond acceptors (Lipinski definition) is 2. The number of pyridine rings is 1. The number of nitrogens with one attached hydrogen (secondary N) is 1. The molecule has 1 rings (SSSR count). The summed E-state index contributed by atoms with van der Waals surface area (Å²) in [4.78, 5) is 4.36. The predicted molar refractivity (Wildman–Crippen MR) is 58.7 cm³/mol. The van der Waals surface area contributed by atoms with Crippen molar-refractivity contribution in [3.63, 3.8) is 0 Å². The fourth-order valence-corrected chi connectivity index (χ4v) is 1.22. The van der Waals surface area contributed by atoms with Gasteiger partial charge in [-0.3, -0.25) is 4.98 Å². The lowest BCUT2D eigenvalue weighted by Gasteiger charge is -2.03. The van der Waals surface area contributed by atoms with E-state index in [4.69, 9.17) is 0 Å². The average molecular weight is 241 g/mol. The minimum absolute atomic E-state index is 0.773. The van der Waals surface area contributed by atoms with Gasteiger partial charge in [0.15, 0.2) is 0 Å². The number of halogens is 1. The third-order valence-electron chi connectivity index (χ3n) is 1.57. The summed E-state index contributed by atoms with van der Waals surface area (Å²) in [6.45, 7) is 7.29. The Labute approximate surface area is 87.2 Å². The first-order chi connectivity index (χ1) is 6.18. The van der Waals surface area contributed by atoms with Crippen LogP contribution in [0.1, 0.15) is 11.4 Å². The molecule has 0 fully saturated rings. The summed E-state index contributed by atoms with van der Waals surface area (Å²) in [6, 6.07) is 6.02. The minimum atomic E-state index is 0.773. The van der Waals surface area contributed by atoms with E-state index in [1.807, 2.05) is 25.1 Å². The van der Waals surface area contributed by atoms with Crippen molar-refractivity contribution in [1.29, 1.82) is 0 Å². The summed E-state index contributed by atoms with van der Waals surface area (Å²) in [7, 11) is 0. The van der Waals surface area contributed by atoms with Gasteiger partial charge in [0.25, 0.3) is 0 Å². The molecule has 0 saturated carbocycles. The van der Waals surface area contributed by atoms with Crippen LogP contribution in [0.15, 0.2) is 29.3 Å². The largest absolute Gasteiger partial charge is 0.307 e. The molecule has 0 aliphatic carbocycles. The van der Waals surface area contributed by atoms with Crippen LogP contribution in [0.2, 0.25) is 0 Å². The van der Waals surface area contributed by atoms with Gasteiger partial charge >= 0.3 is 0 Å². The Morgan fingerprint density at radius 1 is 1.62 bits per heavy atom. The molecule has 0 aromatic carbocycles. The van der Waals surface area contributed by atoms with Gasteiger partial charge in [0.05, 0.1) is 5.69 Å². The highest BCUT2D eigenvalue weighted by Crippen LogP contribution is 2.00. The summed E-state index contributed by atoms with van der Waals surface area (Å²) in [5, 5.41) is 3.22. The molecule has 0 spiro atoms. The second-order valence-electron chi connectivity index (χ2n) is 2.89. The second kappa shape index (κ2) is 5.14. The molecule has 0 aliphatic rings. The van der Waals surface area contributed by atoms with E-state index in [-0.39, 0.29) is 0 Å². The summed E-state index contributed by atoms with van der Waals surface area (Å²) in [5.41, 5.74) is 2.12. The quantitative estimate of drug-likeness (QED) is 0.875. The standard InChI is InChI=1S/C10H13BrN2/c1-8(11)6-12-7-10-5-3-4-9(2)13-10/h3-5,12H,1,6-7H2,2H3. The van der Waals surface area contributed by atoms with Gasteiger partial charge in [-0.25, -0.2) is 0 Å². The molecule has 70 valence electrons. The zero-order valence-electron chi connectivity index (χ0n) is 7.68. The first-order valence-corrected chi connectivity index (χ1v) is 4.94. The number of aromatic nitrogens is 1. The summed E-state index contributed by atoms with van der Waals surface area (Å²) in [6.07, 6.45) is 0. The van der Waals surface area contributed by atoms with Crippen molar-refractivity contribution in [2.75, 3.05) is 6.54 Å². The van der Waals surface area contributed by atoms with Crippen LogP contribution in [0.5, 0.6) is 0 Å². The summed E-state index contributed by atoms with van der Waals surface area (Å²) < 4.78 is 0.958. The molecule has 1 aromatic heterocycles. The van der Waals surface area contributed by atoms with Crippen molar-refractivity contribution in [2.45, 2.75) is 13.5 Å². The maximum atomic E-state index is 4.36. The van der Waals surface area contributed by atoms with Gasteiger partial charge in [-0.05, 0) is 19.1 Å². The van der Waals surface area contributed by atoms with Crippen molar-refractivity contribution in [3.05, 3.63) is 40.6 Å². The Morgan fingerprint density at radius 3 is 3.00 bits per heavy atom. The van der Waals surface area contributed by atoms with Gasteiger partial charge in [0.2, 0.25) is 0 Å². The predicted octanol–water partition coefficient (Wildman–Crippen LogP) is 2.39. The van der Waals surface area contributed by atoms with E-state index in [1.165, 1.54) is 0 Å². The van der Waals surface area contributed by atoms with E-state index in [2.05, 4.69) is 32.8 Å². The Balaban J connectivity index is 2.41. The maximum absolute atomic E-state index is 4.36. The Bertz CT molecular complexity index is 297. The highest BCUT2D eigenvalue weighted by Gasteiger charge is 1.94. The van der Waals surface area contributed by atoms with Crippen molar-refractivity contribution in [1.82, 2.24) is 10.3 Å². The van der Waals surface area contributed by atoms with Crippen LogP contribution in [0.3, 0.4) is 0 Å². The van der Waals surface area contributed by atoms with E-state index in [1.54, 1.807) is 0 Å². The molecular weight excluding hydrogens is 228 g/mol. The molecule has 0 bridgehead atoms. The first kappa shape index (κ1) is 10.4. The average Bonchev–Trinajstić information content (AvgIpc) is 2.03. The Kier molecular flexibility index (Phi) is 4.12. The lowest BCUT2D eigenvalue weighted by Crippen LogP contribution is -2.15. The molecule has 13 heavy (non-hydrogen) atoms. The number of aryl methyl sites for hydroxylation is 1. The molecule has 0 saturated heterocycles. The van der Waals surface area contributed by atoms with Crippen LogP contribution in [0.25, 0.3) is 0 Å². The van der Waals surface area contributed by atoms with E-state index in [0.29, 0.717) is 0 Å². The van der Waals surface area contributed by atoms with Crippen LogP contribution in [-0.4, -0.2) is 11.5 Å². The Hall–Kier alpha value is -0.670. The molecule has 2 nitrogen and oxygen atoms in total. The van der Waals surface area contributed by atoms with Gasteiger partial charge in [-0.2, -0.15) is 0 Å². The van der Waals surface area contributed by atoms with Gasteiger partial charge in [-0.1, -0.05) is 28.6 Å². The molecule has 1 aromatic rings. The van der Waals surface area contributed by atoms with E-state index in [0.717, 1.165) is 29.0 Å². The third kappa shape index (κ3) is 4.20. The van der Waals surface area contributed by atoms with Crippen molar-refractivity contribution in [2.24, 2.45) is 0 Å². The van der Waals surface area contributed by atoms with Gasteiger partial charge in [-0.15, -0.1) is 0 Å². The van der Waals surface area contributed by atoms with Gasteiger partial charge in [0.1, 0.15) is 0 Å². The van der Waals surface area contributed by atoms with Crippen LogP contribution in [0.4, 0.5) is 0 Å². The lowest BCUT2D eigenvalue weighted by molar-refractivity contribution is 0.735. The highest BCUT2D eigenvalue weighted by atomic mass is 79.9. The molecule has 1 heterocycles. The molecule has 0 atom stereocenters. The fourth-order valence-electron chi connectivity index (χ4n) is 1.02. The first-order valence-electron chi connectivity index (χ1n) is 4.15. The Morgan fingerprint density at radius 2 is 2.38 bits per heavy atom. The summed E-state index contributed by atoms with van der Waals surface area (Å²) >= 11 is 3.29. The number of nitrogens with zero attached hydrogens (tertiary/aromatic N) is 1. The van der Waals surface area contributed by atoms with Crippen molar-refractivity contribution >= 4 is 15.9 Å². The molecule has 0 amide bonds. The monoisotopic (exact) mass is 240 g/mol. The minimum Gasteiger partial charge on any atom is -0.307 e. The SMILES string of the molecule is C=C(Br)CNCc1cccc(C)n1. The second-order valence-corrected chi connectivity index (χ2v) is 4.01. The molecule has 0 radical (unpaired) electrons.